The summed E-state index contributed by atoms with van der Waals surface area (Å²) in [7, 11) is 1.66. The number of fused-ring (bicyclic) bond motifs is 1. The molecule has 0 spiro atoms. The minimum absolute atomic E-state index is 0.248. The van der Waals surface area contributed by atoms with Crippen LogP contribution in [0.3, 0.4) is 0 Å². The van der Waals surface area contributed by atoms with Crippen LogP contribution in [-0.4, -0.2) is 33.7 Å². The van der Waals surface area contributed by atoms with Crippen molar-refractivity contribution in [3.05, 3.63) is 78.1 Å². The third kappa shape index (κ3) is 3.94. The zero-order valence-electron chi connectivity index (χ0n) is 17.7. The highest BCUT2D eigenvalue weighted by atomic mass is 16.5. The number of methoxy groups -OCH3 is 1. The Morgan fingerprint density at radius 3 is 2.59 bits per heavy atom. The summed E-state index contributed by atoms with van der Waals surface area (Å²) in [6.07, 6.45) is 3.70. The van der Waals surface area contributed by atoms with E-state index >= 15 is 0 Å². The number of nitrogens with zero attached hydrogens (tertiary/aromatic N) is 4. The molecule has 1 saturated carbocycles. The van der Waals surface area contributed by atoms with Gasteiger partial charge >= 0.3 is 0 Å². The second kappa shape index (κ2) is 8.22. The number of ether oxygens (including phenoxy) is 1. The first-order valence-corrected chi connectivity index (χ1v) is 10.5. The van der Waals surface area contributed by atoms with Gasteiger partial charge in [0.15, 0.2) is 11.5 Å². The fourth-order valence-electron chi connectivity index (χ4n) is 3.79. The molecule has 8 nitrogen and oxygen atoms in total. The summed E-state index contributed by atoms with van der Waals surface area (Å²) >= 11 is 0. The number of nitrogens with one attached hydrogen (secondary N) is 1. The summed E-state index contributed by atoms with van der Waals surface area (Å²) in [6.45, 7) is 0.706. The van der Waals surface area contributed by atoms with E-state index in [1.54, 1.807) is 7.11 Å². The third-order valence-electron chi connectivity index (χ3n) is 5.56. The van der Waals surface area contributed by atoms with E-state index in [2.05, 4.69) is 32.4 Å². The summed E-state index contributed by atoms with van der Waals surface area (Å²) in [6, 6.07) is 20.2. The van der Waals surface area contributed by atoms with Crippen molar-refractivity contribution < 1.29 is 9.53 Å². The number of para-hydroxylation sites is 1. The minimum Gasteiger partial charge on any atom is -0.497 e. The Kier molecular flexibility index (Phi) is 5.10. The van der Waals surface area contributed by atoms with Crippen molar-refractivity contribution in [1.82, 2.24) is 14.6 Å². The molecule has 0 atom stereocenters. The van der Waals surface area contributed by atoms with Crippen molar-refractivity contribution in [2.45, 2.75) is 25.4 Å². The standard InChI is InChI=1S/C24H24N6O2/c1-32-19-11-7-16(8-12-19)15-29(18-9-10-18)20-13-22(27-17-5-3-2-4-6-17)28-30-21(23(25)31)14-26-24(20)30/h2-8,11-14,18H,9-10,15H2,1H3,(H2,25,31)(H,27,28). The van der Waals surface area contributed by atoms with E-state index in [1.165, 1.54) is 10.7 Å². The number of hydrogen-bond donors (Lipinski definition) is 2. The van der Waals surface area contributed by atoms with Gasteiger partial charge < -0.3 is 20.7 Å². The van der Waals surface area contributed by atoms with Crippen molar-refractivity contribution in [2.75, 3.05) is 17.3 Å². The Morgan fingerprint density at radius 2 is 1.94 bits per heavy atom. The van der Waals surface area contributed by atoms with Crippen LogP contribution in [0.1, 0.15) is 28.9 Å². The van der Waals surface area contributed by atoms with Gasteiger partial charge in [-0.15, -0.1) is 5.10 Å². The van der Waals surface area contributed by atoms with Gasteiger partial charge in [0, 0.05) is 24.3 Å². The van der Waals surface area contributed by atoms with E-state index in [-0.39, 0.29) is 5.69 Å². The highest BCUT2D eigenvalue weighted by molar-refractivity contribution is 5.92. The number of benzene rings is 2. The number of aromatic nitrogens is 3. The van der Waals surface area contributed by atoms with Crippen molar-refractivity contribution >= 4 is 28.7 Å². The smallest absolute Gasteiger partial charge is 0.269 e. The molecule has 8 heteroatoms. The van der Waals surface area contributed by atoms with Gasteiger partial charge in [-0.1, -0.05) is 30.3 Å². The van der Waals surface area contributed by atoms with Crippen LogP contribution >= 0.6 is 0 Å². The summed E-state index contributed by atoms with van der Waals surface area (Å²) < 4.78 is 6.82. The zero-order valence-corrected chi connectivity index (χ0v) is 17.7. The average molecular weight is 428 g/mol. The van der Waals surface area contributed by atoms with E-state index in [0.717, 1.165) is 35.5 Å². The van der Waals surface area contributed by atoms with Crippen LogP contribution in [0, 0.1) is 0 Å². The fraction of sp³-hybridized carbons (Fsp3) is 0.208. The van der Waals surface area contributed by atoms with Crippen molar-refractivity contribution in [1.29, 1.82) is 0 Å². The molecule has 0 unspecified atom stereocenters. The molecule has 1 fully saturated rings. The normalized spacial score (nSPS) is 13.2. The lowest BCUT2D eigenvalue weighted by molar-refractivity contribution is 0.0993. The monoisotopic (exact) mass is 428 g/mol. The first kappa shape index (κ1) is 19.9. The maximum atomic E-state index is 12.0. The molecule has 1 aliphatic carbocycles. The van der Waals surface area contributed by atoms with E-state index in [0.29, 0.717) is 24.1 Å². The van der Waals surface area contributed by atoms with Crippen molar-refractivity contribution in [3.8, 4) is 5.75 Å². The van der Waals surface area contributed by atoms with E-state index in [4.69, 9.17) is 10.5 Å². The zero-order chi connectivity index (χ0) is 22.1. The molecule has 0 bridgehead atoms. The van der Waals surface area contributed by atoms with Crippen LogP contribution in [0.4, 0.5) is 17.2 Å². The van der Waals surface area contributed by atoms with Crippen LogP contribution < -0.4 is 20.7 Å². The SMILES string of the molecule is COc1ccc(CN(c2cc(Nc3ccccc3)nn3c(C(N)=O)cnc23)C2CC2)cc1. The predicted octanol–water partition coefficient (Wildman–Crippen LogP) is 3.75. The summed E-state index contributed by atoms with van der Waals surface area (Å²) in [5.74, 6) is 0.868. The Hall–Kier alpha value is -4.07. The lowest BCUT2D eigenvalue weighted by Crippen LogP contribution is -2.26. The minimum atomic E-state index is -0.569. The van der Waals surface area contributed by atoms with Gasteiger partial charge in [-0.05, 0) is 42.7 Å². The number of primary amides is 1. The molecule has 0 radical (unpaired) electrons. The third-order valence-corrected chi connectivity index (χ3v) is 5.56. The van der Waals surface area contributed by atoms with Gasteiger partial charge in [-0.2, -0.15) is 0 Å². The average Bonchev–Trinajstić information content (AvgIpc) is 3.56. The first-order valence-electron chi connectivity index (χ1n) is 10.5. The molecular weight excluding hydrogens is 404 g/mol. The number of imidazole rings is 1. The Bertz CT molecular complexity index is 1250. The predicted molar refractivity (Wildman–Crippen MR) is 123 cm³/mol. The number of carbonyl (C=O) groups is 1. The van der Waals surface area contributed by atoms with E-state index in [1.807, 2.05) is 48.5 Å². The van der Waals surface area contributed by atoms with Gasteiger partial charge in [0.1, 0.15) is 11.4 Å². The Labute approximate surface area is 185 Å². The molecule has 5 rings (SSSR count). The van der Waals surface area contributed by atoms with Crippen LogP contribution in [0.25, 0.3) is 5.65 Å². The molecule has 32 heavy (non-hydrogen) atoms. The molecular formula is C24H24N6O2. The first-order chi connectivity index (χ1) is 15.6. The number of nitrogens with two attached hydrogens (primary N) is 1. The number of rotatable bonds is 8. The molecule has 0 saturated heterocycles. The maximum Gasteiger partial charge on any atom is 0.269 e. The highest BCUT2D eigenvalue weighted by Gasteiger charge is 2.32. The van der Waals surface area contributed by atoms with Crippen LogP contribution in [0.2, 0.25) is 0 Å². The Balaban J connectivity index is 1.58. The van der Waals surface area contributed by atoms with Gasteiger partial charge in [-0.3, -0.25) is 4.79 Å². The highest BCUT2D eigenvalue weighted by Crippen LogP contribution is 2.36. The second-order valence-electron chi connectivity index (χ2n) is 7.86. The molecule has 2 aromatic carbocycles. The number of hydrogen-bond acceptors (Lipinski definition) is 6. The lowest BCUT2D eigenvalue weighted by Gasteiger charge is -2.26. The molecule has 162 valence electrons. The Morgan fingerprint density at radius 1 is 1.19 bits per heavy atom. The van der Waals surface area contributed by atoms with Gasteiger partial charge in [-0.25, -0.2) is 9.50 Å². The maximum absolute atomic E-state index is 12.0. The topological polar surface area (TPSA) is 97.8 Å². The largest absolute Gasteiger partial charge is 0.497 e. The molecule has 0 aliphatic heterocycles. The van der Waals surface area contributed by atoms with Crippen LogP contribution in [0.15, 0.2) is 66.9 Å². The quantitative estimate of drug-likeness (QED) is 0.444. The lowest BCUT2D eigenvalue weighted by atomic mass is 10.2. The van der Waals surface area contributed by atoms with Gasteiger partial charge in [0.25, 0.3) is 5.91 Å². The molecule has 1 amide bonds. The van der Waals surface area contributed by atoms with Gasteiger partial charge in [0.2, 0.25) is 0 Å². The van der Waals surface area contributed by atoms with Gasteiger partial charge in [0.05, 0.1) is 19.0 Å². The molecule has 3 N–H and O–H groups in total. The summed E-state index contributed by atoms with van der Waals surface area (Å²) in [5.41, 5.74) is 9.42. The van der Waals surface area contributed by atoms with E-state index < -0.39 is 5.91 Å². The number of carbonyl (C=O) groups excluding carboxylic acids is 1. The number of anilines is 3. The summed E-state index contributed by atoms with van der Waals surface area (Å²) in [5, 5.41) is 7.93. The number of amides is 1. The van der Waals surface area contributed by atoms with Crippen molar-refractivity contribution in [3.63, 3.8) is 0 Å². The molecule has 4 aromatic rings. The molecule has 1 aliphatic rings. The van der Waals surface area contributed by atoms with E-state index in [9.17, 15) is 4.79 Å². The summed E-state index contributed by atoms with van der Waals surface area (Å²) in [4.78, 5) is 18.8. The van der Waals surface area contributed by atoms with Crippen LogP contribution in [-0.2, 0) is 6.54 Å². The molecule has 2 aromatic heterocycles. The second-order valence-corrected chi connectivity index (χ2v) is 7.86. The van der Waals surface area contributed by atoms with Crippen LogP contribution in [0.5, 0.6) is 5.75 Å². The fourth-order valence-corrected chi connectivity index (χ4v) is 3.79. The van der Waals surface area contributed by atoms with Crippen molar-refractivity contribution in [2.24, 2.45) is 5.73 Å². The molecule has 2 heterocycles.